The van der Waals surface area contributed by atoms with E-state index in [4.69, 9.17) is 4.74 Å². The number of fused-ring (bicyclic) bond motifs is 1. The van der Waals surface area contributed by atoms with Crippen LogP contribution in [0.15, 0.2) is 42.5 Å². The first-order valence-electron chi connectivity index (χ1n) is 9.67. The Morgan fingerprint density at radius 2 is 1.97 bits per heavy atom. The highest BCUT2D eigenvalue weighted by Gasteiger charge is 2.35. The van der Waals surface area contributed by atoms with E-state index < -0.39 is 33.0 Å². The summed E-state index contributed by atoms with van der Waals surface area (Å²) in [6.07, 6.45) is 1.47. The van der Waals surface area contributed by atoms with Crippen LogP contribution in [0.1, 0.15) is 37.4 Å². The number of nitrogens with zero attached hydrogens (tertiary/aromatic N) is 2. The van der Waals surface area contributed by atoms with E-state index >= 15 is 0 Å². The molecule has 1 amide bonds. The lowest BCUT2D eigenvalue weighted by atomic mass is 9.89. The van der Waals surface area contributed by atoms with E-state index in [1.807, 2.05) is 38.1 Å². The third kappa shape index (κ3) is 5.13. The molecular weight excluding hydrogens is 422 g/mol. The molecule has 0 bridgehead atoms. The summed E-state index contributed by atoms with van der Waals surface area (Å²) in [4.78, 5) is 23.4. The minimum absolute atomic E-state index is 0.0968. The molecule has 166 valence electrons. The number of hydrogen-bond donors (Lipinski definition) is 1. The molecule has 0 radical (unpaired) electrons. The van der Waals surface area contributed by atoms with E-state index in [9.17, 15) is 23.3 Å². The number of carbonyl (C=O) groups is 1. The zero-order valence-corrected chi connectivity index (χ0v) is 18.6. The van der Waals surface area contributed by atoms with Gasteiger partial charge < -0.3 is 10.1 Å². The smallest absolute Gasteiger partial charge is 0.271 e. The zero-order valence-electron chi connectivity index (χ0n) is 17.8. The topological polar surface area (TPSA) is 119 Å². The summed E-state index contributed by atoms with van der Waals surface area (Å²) in [7, 11) is -3.88. The quantitative estimate of drug-likeness (QED) is 0.537. The number of hydrogen-bond acceptors (Lipinski definition) is 6. The van der Waals surface area contributed by atoms with Gasteiger partial charge in [0.1, 0.15) is 17.9 Å². The van der Waals surface area contributed by atoms with Crippen molar-refractivity contribution < 1.29 is 22.9 Å². The predicted octanol–water partition coefficient (Wildman–Crippen LogP) is 3.09. The van der Waals surface area contributed by atoms with Crippen molar-refractivity contribution in [1.82, 2.24) is 5.32 Å². The maximum atomic E-state index is 12.9. The third-order valence-corrected chi connectivity index (χ3v) is 6.20. The Kier molecular flexibility index (Phi) is 5.95. The lowest BCUT2D eigenvalue weighted by Gasteiger charge is -2.38. The second-order valence-corrected chi connectivity index (χ2v) is 10.1. The Morgan fingerprint density at radius 3 is 2.61 bits per heavy atom. The van der Waals surface area contributed by atoms with Gasteiger partial charge in [0.15, 0.2) is 0 Å². The van der Waals surface area contributed by atoms with E-state index in [0.717, 1.165) is 22.2 Å². The highest BCUT2D eigenvalue weighted by Crippen LogP contribution is 2.39. The number of para-hydroxylation sites is 1. The van der Waals surface area contributed by atoms with Gasteiger partial charge >= 0.3 is 0 Å². The first-order valence-corrected chi connectivity index (χ1v) is 11.5. The summed E-state index contributed by atoms with van der Waals surface area (Å²) in [5.41, 5.74) is 0.641. The highest BCUT2D eigenvalue weighted by atomic mass is 32.2. The fourth-order valence-corrected chi connectivity index (χ4v) is 4.57. The number of amides is 1. The molecule has 0 spiro atoms. The van der Waals surface area contributed by atoms with Crippen LogP contribution in [0.5, 0.6) is 5.75 Å². The minimum atomic E-state index is -3.88. The molecule has 1 aliphatic rings. The second-order valence-electron chi connectivity index (χ2n) is 8.22. The van der Waals surface area contributed by atoms with Crippen molar-refractivity contribution in [2.24, 2.45) is 0 Å². The summed E-state index contributed by atoms with van der Waals surface area (Å²) in [6, 6.07) is 10.9. The monoisotopic (exact) mass is 447 g/mol. The van der Waals surface area contributed by atoms with Crippen LogP contribution in [-0.2, 0) is 14.8 Å². The summed E-state index contributed by atoms with van der Waals surface area (Å²) in [5.74, 6) is 0.146. The van der Waals surface area contributed by atoms with Crippen LogP contribution >= 0.6 is 0 Å². The first kappa shape index (κ1) is 22.5. The zero-order chi connectivity index (χ0) is 23.0. The van der Waals surface area contributed by atoms with Crippen LogP contribution in [0.25, 0.3) is 0 Å². The SMILES string of the molecule is Cc1ccc([N+](=O)[O-])cc1N(CC(=O)N[C@H]1CC(C)(C)Oc2ccccc21)S(C)(=O)=O. The molecule has 10 heteroatoms. The molecule has 3 rings (SSSR count). The van der Waals surface area contributed by atoms with Crippen molar-refractivity contribution >= 4 is 27.3 Å². The first-order chi connectivity index (χ1) is 14.4. The normalized spacial score (nSPS) is 17.2. The van der Waals surface area contributed by atoms with Gasteiger partial charge in [-0.2, -0.15) is 0 Å². The highest BCUT2D eigenvalue weighted by molar-refractivity contribution is 7.92. The van der Waals surface area contributed by atoms with Gasteiger partial charge in [0.05, 0.1) is 22.9 Å². The molecule has 31 heavy (non-hydrogen) atoms. The standard InChI is InChI=1S/C21H25N3O6S/c1-14-9-10-15(24(26)27)11-18(14)23(31(4,28)29)13-20(25)22-17-12-21(2,3)30-19-8-6-5-7-16(17)19/h5-11,17H,12-13H2,1-4H3,(H,22,25)/t17-/m0/s1. The lowest BCUT2D eigenvalue weighted by molar-refractivity contribution is -0.384. The minimum Gasteiger partial charge on any atom is -0.487 e. The van der Waals surface area contributed by atoms with Gasteiger partial charge in [0.25, 0.3) is 5.69 Å². The van der Waals surface area contributed by atoms with Crippen LogP contribution in [0, 0.1) is 17.0 Å². The number of nitro benzene ring substituents is 1. The molecule has 1 atom stereocenters. The number of carbonyl (C=O) groups excluding carboxylic acids is 1. The van der Waals surface area contributed by atoms with Gasteiger partial charge in [-0.3, -0.25) is 19.2 Å². The van der Waals surface area contributed by atoms with Crippen LogP contribution in [-0.4, -0.2) is 37.6 Å². The second kappa shape index (κ2) is 8.18. The lowest BCUT2D eigenvalue weighted by Crippen LogP contribution is -2.45. The molecule has 0 saturated carbocycles. The fourth-order valence-electron chi connectivity index (χ4n) is 3.66. The van der Waals surface area contributed by atoms with Gasteiger partial charge in [0, 0.05) is 24.1 Å². The van der Waals surface area contributed by atoms with Gasteiger partial charge in [-0.25, -0.2) is 8.42 Å². The average Bonchev–Trinajstić information content (AvgIpc) is 2.65. The Labute approximate surface area is 181 Å². The molecule has 0 fully saturated rings. The molecule has 0 aromatic heterocycles. The molecule has 0 saturated heterocycles. The van der Waals surface area contributed by atoms with Crippen LogP contribution in [0.3, 0.4) is 0 Å². The summed E-state index contributed by atoms with van der Waals surface area (Å²) >= 11 is 0. The Morgan fingerprint density at radius 1 is 1.29 bits per heavy atom. The van der Waals surface area contributed by atoms with Crippen molar-refractivity contribution in [2.45, 2.75) is 38.8 Å². The summed E-state index contributed by atoms with van der Waals surface area (Å²) in [6.45, 7) is 4.96. The van der Waals surface area contributed by atoms with Gasteiger partial charge in [-0.1, -0.05) is 24.3 Å². The molecule has 2 aromatic rings. The molecule has 0 unspecified atom stereocenters. The number of non-ortho nitro benzene ring substituents is 1. The molecule has 2 aromatic carbocycles. The number of sulfonamides is 1. The Balaban J connectivity index is 1.88. The predicted molar refractivity (Wildman–Crippen MR) is 117 cm³/mol. The number of nitro groups is 1. The fraction of sp³-hybridized carbons (Fsp3) is 0.381. The van der Waals surface area contributed by atoms with E-state index in [1.54, 1.807) is 6.92 Å². The molecule has 1 N–H and O–H groups in total. The van der Waals surface area contributed by atoms with Crippen molar-refractivity contribution in [2.75, 3.05) is 17.1 Å². The maximum Gasteiger partial charge on any atom is 0.271 e. The third-order valence-electron chi connectivity index (χ3n) is 5.07. The van der Waals surface area contributed by atoms with E-state index in [2.05, 4.69) is 5.32 Å². The Hall–Kier alpha value is -3.14. The molecule has 9 nitrogen and oxygen atoms in total. The molecule has 0 aliphatic carbocycles. The van der Waals surface area contributed by atoms with E-state index in [1.165, 1.54) is 12.1 Å². The Bertz CT molecular complexity index is 1130. The van der Waals surface area contributed by atoms with Crippen molar-refractivity contribution in [3.63, 3.8) is 0 Å². The molecule has 1 aliphatic heterocycles. The number of rotatable bonds is 6. The number of benzene rings is 2. The van der Waals surface area contributed by atoms with Crippen LogP contribution in [0.4, 0.5) is 11.4 Å². The van der Waals surface area contributed by atoms with Gasteiger partial charge in [0.2, 0.25) is 15.9 Å². The van der Waals surface area contributed by atoms with E-state index in [-0.39, 0.29) is 17.4 Å². The summed E-state index contributed by atoms with van der Waals surface area (Å²) < 4.78 is 31.8. The largest absolute Gasteiger partial charge is 0.487 e. The van der Waals surface area contributed by atoms with Gasteiger partial charge in [-0.15, -0.1) is 0 Å². The van der Waals surface area contributed by atoms with Crippen molar-refractivity contribution in [3.8, 4) is 5.75 Å². The van der Waals surface area contributed by atoms with Crippen molar-refractivity contribution in [3.05, 3.63) is 63.7 Å². The molecular formula is C21H25N3O6S. The number of ether oxygens (including phenoxy) is 1. The number of anilines is 1. The summed E-state index contributed by atoms with van der Waals surface area (Å²) in [5, 5.41) is 14.0. The van der Waals surface area contributed by atoms with Crippen LogP contribution in [0.2, 0.25) is 0 Å². The molecule has 1 heterocycles. The van der Waals surface area contributed by atoms with Crippen molar-refractivity contribution in [1.29, 1.82) is 0 Å². The average molecular weight is 448 g/mol. The number of aryl methyl sites for hydroxylation is 1. The maximum absolute atomic E-state index is 12.9. The van der Waals surface area contributed by atoms with Gasteiger partial charge in [-0.05, 0) is 32.4 Å². The van der Waals surface area contributed by atoms with Crippen LogP contribution < -0.4 is 14.4 Å². The number of nitrogens with one attached hydrogen (secondary N) is 1. The van der Waals surface area contributed by atoms with E-state index in [0.29, 0.717) is 17.7 Å².